The van der Waals surface area contributed by atoms with E-state index in [0.717, 1.165) is 16.7 Å². The summed E-state index contributed by atoms with van der Waals surface area (Å²) in [4.78, 5) is 4.15. The Hall–Kier alpha value is -1.63. The van der Waals surface area contributed by atoms with Gasteiger partial charge in [-0.1, -0.05) is 11.8 Å². The fourth-order valence-corrected chi connectivity index (χ4v) is 1.99. The number of tetrazole rings is 1. The smallest absolute Gasteiger partial charge is 0.209 e. The van der Waals surface area contributed by atoms with Crippen LogP contribution in [0.2, 0.25) is 0 Å². The molecule has 2 heterocycles. The molecule has 0 bridgehead atoms. The van der Waals surface area contributed by atoms with Crippen LogP contribution in [-0.4, -0.2) is 32.2 Å². The van der Waals surface area contributed by atoms with Crippen LogP contribution < -0.4 is 5.32 Å². The zero-order chi connectivity index (χ0) is 11.4. The summed E-state index contributed by atoms with van der Waals surface area (Å²) in [5, 5.41) is 15.1. The molecule has 0 aliphatic carbocycles. The summed E-state index contributed by atoms with van der Waals surface area (Å²) in [6.45, 7) is 0. The third-order valence-corrected chi connectivity index (χ3v) is 3.11. The van der Waals surface area contributed by atoms with Crippen LogP contribution in [0, 0.1) is 0 Å². The molecule has 2 rings (SSSR count). The molecule has 0 saturated carbocycles. The van der Waals surface area contributed by atoms with E-state index in [1.807, 2.05) is 26.2 Å². The van der Waals surface area contributed by atoms with Crippen molar-refractivity contribution in [1.82, 2.24) is 25.2 Å². The molecule has 0 aliphatic heterocycles. The highest BCUT2D eigenvalue weighted by molar-refractivity contribution is 7.98. The van der Waals surface area contributed by atoms with Gasteiger partial charge in [0.05, 0.1) is 0 Å². The van der Waals surface area contributed by atoms with Crippen LogP contribution in [0.3, 0.4) is 0 Å². The predicted molar refractivity (Wildman–Crippen MR) is 62.1 cm³/mol. The molecule has 0 unspecified atom stereocenters. The van der Waals surface area contributed by atoms with E-state index in [1.54, 1.807) is 22.6 Å². The zero-order valence-corrected chi connectivity index (χ0v) is 9.90. The first-order valence-electron chi connectivity index (χ1n) is 4.77. The molecule has 6 nitrogen and oxygen atoms in total. The minimum atomic E-state index is 0.808. The van der Waals surface area contributed by atoms with Crippen LogP contribution in [0.5, 0.6) is 0 Å². The maximum atomic E-state index is 4.15. The number of aromatic nitrogens is 5. The average Bonchev–Trinajstić information content (AvgIpc) is 2.72. The molecule has 0 spiro atoms. The lowest BCUT2D eigenvalue weighted by Crippen LogP contribution is -1.95. The second-order valence-corrected chi connectivity index (χ2v) is 4.12. The van der Waals surface area contributed by atoms with Crippen LogP contribution in [-0.2, 0) is 12.8 Å². The van der Waals surface area contributed by atoms with Gasteiger partial charge in [0.2, 0.25) is 5.16 Å². The minimum absolute atomic E-state index is 0.808. The lowest BCUT2D eigenvalue weighted by molar-refractivity contribution is 0.664. The molecule has 16 heavy (non-hydrogen) atoms. The molecule has 0 radical (unpaired) electrons. The highest BCUT2D eigenvalue weighted by Crippen LogP contribution is 2.19. The van der Waals surface area contributed by atoms with E-state index in [1.165, 1.54) is 5.56 Å². The van der Waals surface area contributed by atoms with Crippen LogP contribution in [0.25, 0.3) is 0 Å². The first-order chi connectivity index (χ1) is 7.79. The van der Waals surface area contributed by atoms with E-state index in [0.29, 0.717) is 0 Å². The lowest BCUT2D eigenvalue weighted by Gasteiger charge is -2.02. The Balaban J connectivity index is 2.02. The Morgan fingerprint density at radius 2 is 2.38 bits per heavy atom. The summed E-state index contributed by atoms with van der Waals surface area (Å²) in [5.41, 5.74) is 1.19. The Bertz CT molecular complexity index is 469. The van der Waals surface area contributed by atoms with Gasteiger partial charge in [0.15, 0.2) is 0 Å². The SMILES string of the molecule is CNc1cc(CSc2nnnn2C)ccn1. The van der Waals surface area contributed by atoms with Crippen molar-refractivity contribution in [2.24, 2.45) is 7.05 Å². The number of pyridine rings is 1. The summed E-state index contributed by atoms with van der Waals surface area (Å²) < 4.78 is 1.66. The number of aryl methyl sites for hydroxylation is 1. The van der Waals surface area contributed by atoms with Crippen LogP contribution in [0.15, 0.2) is 23.5 Å². The molecule has 0 saturated heterocycles. The van der Waals surface area contributed by atoms with Gasteiger partial charge in [0.1, 0.15) is 5.82 Å². The van der Waals surface area contributed by atoms with Crippen molar-refractivity contribution in [3.05, 3.63) is 23.9 Å². The lowest BCUT2D eigenvalue weighted by atomic mass is 10.3. The molecular formula is C9H12N6S. The fourth-order valence-electron chi connectivity index (χ4n) is 1.19. The molecule has 2 aromatic heterocycles. The largest absolute Gasteiger partial charge is 0.373 e. The summed E-state index contributed by atoms with van der Waals surface area (Å²) in [5.74, 6) is 1.69. The maximum absolute atomic E-state index is 4.15. The highest BCUT2D eigenvalue weighted by Gasteiger charge is 2.03. The van der Waals surface area contributed by atoms with E-state index >= 15 is 0 Å². The van der Waals surface area contributed by atoms with E-state index in [4.69, 9.17) is 0 Å². The molecule has 7 heteroatoms. The van der Waals surface area contributed by atoms with Crippen molar-refractivity contribution in [3.8, 4) is 0 Å². The molecular weight excluding hydrogens is 224 g/mol. The van der Waals surface area contributed by atoms with E-state index in [-0.39, 0.29) is 0 Å². The Labute approximate surface area is 97.5 Å². The third kappa shape index (κ3) is 2.48. The summed E-state index contributed by atoms with van der Waals surface area (Å²) in [6.07, 6.45) is 1.79. The first kappa shape index (κ1) is 10.9. The number of hydrogen-bond donors (Lipinski definition) is 1. The van der Waals surface area contributed by atoms with E-state index < -0.39 is 0 Å². The standard InChI is InChI=1S/C9H12N6S/c1-10-8-5-7(3-4-11-8)6-16-9-12-13-14-15(9)2/h3-5H,6H2,1-2H3,(H,10,11). The van der Waals surface area contributed by atoms with Crippen molar-refractivity contribution in [1.29, 1.82) is 0 Å². The Kier molecular flexibility index (Phi) is 3.35. The second-order valence-electron chi connectivity index (χ2n) is 3.17. The van der Waals surface area contributed by atoms with Crippen LogP contribution in [0.1, 0.15) is 5.56 Å². The molecule has 84 valence electrons. The number of rotatable bonds is 4. The normalized spacial score (nSPS) is 10.4. The van der Waals surface area contributed by atoms with Gasteiger partial charge in [-0.2, -0.15) is 0 Å². The van der Waals surface area contributed by atoms with Crippen molar-refractivity contribution in [3.63, 3.8) is 0 Å². The average molecular weight is 236 g/mol. The quantitative estimate of drug-likeness (QED) is 0.797. The molecule has 0 fully saturated rings. The second kappa shape index (κ2) is 4.93. The van der Waals surface area contributed by atoms with E-state index in [9.17, 15) is 0 Å². The van der Waals surface area contributed by atoms with Crippen molar-refractivity contribution >= 4 is 17.6 Å². The molecule has 0 atom stereocenters. The van der Waals surface area contributed by atoms with Gasteiger partial charge in [-0.25, -0.2) is 9.67 Å². The zero-order valence-electron chi connectivity index (χ0n) is 9.08. The molecule has 1 N–H and O–H groups in total. The molecule has 2 aromatic rings. The van der Waals surface area contributed by atoms with Crippen LogP contribution >= 0.6 is 11.8 Å². The molecule has 0 aromatic carbocycles. The Morgan fingerprint density at radius 1 is 1.50 bits per heavy atom. The van der Waals surface area contributed by atoms with Crippen molar-refractivity contribution < 1.29 is 0 Å². The van der Waals surface area contributed by atoms with Gasteiger partial charge in [0, 0.05) is 26.0 Å². The third-order valence-electron chi connectivity index (χ3n) is 2.03. The molecule has 0 aliphatic rings. The topological polar surface area (TPSA) is 68.5 Å². The number of anilines is 1. The Morgan fingerprint density at radius 3 is 3.06 bits per heavy atom. The summed E-state index contributed by atoms with van der Waals surface area (Å²) in [7, 11) is 3.68. The summed E-state index contributed by atoms with van der Waals surface area (Å²) >= 11 is 1.60. The molecule has 0 amide bonds. The number of hydrogen-bond acceptors (Lipinski definition) is 6. The van der Waals surface area contributed by atoms with Crippen LogP contribution in [0.4, 0.5) is 5.82 Å². The van der Waals surface area contributed by atoms with Gasteiger partial charge in [-0.05, 0) is 28.1 Å². The number of nitrogens with zero attached hydrogens (tertiary/aromatic N) is 5. The van der Waals surface area contributed by atoms with Gasteiger partial charge < -0.3 is 5.32 Å². The van der Waals surface area contributed by atoms with Gasteiger partial charge in [-0.15, -0.1) is 5.10 Å². The van der Waals surface area contributed by atoms with Crippen molar-refractivity contribution in [2.75, 3.05) is 12.4 Å². The van der Waals surface area contributed by atoms with E-state index in [2.05, 4.69) is 25.8 Å². The van der Waals surface area contributed by atoms with Crippen molar-refractivity contribution in [2.45, 2.75) is 10.9 Å². The highest BCUT2D eigenvalue weighted by atomic mass is 32.2. The number of nitrogens with one attached hydrogen (secondary N) is 1. The first-order valence-corrected chi connectivity index (χ1v) is 5.76. The minimum Gasteiger partial charge on any atom is -0.373 e. The fraction of sp³-hybridized carbons (Fsp3) is 0.333. The maximum Gasteiger partial charge on any atom is 0.209 e. The van der Waals surface area contributed by atoms with Gasteiger partial charge in [-0.3, -0.25) is 0 Å². The number of thioether (sulfide) groups is 1. The monoisotopic (exact) mass is 236 g/mol. The predicted octanol–water partition coefficient (Wildman–Crippen LogP) is 0.939. The van der Waals surface area contributed by atoms with Gasteiger partial charge >= 0.3 is 0 Å². The van der Waals surface area contributed by atoms with Gasteiger partial charge in [0.25, 0.3) is 0 Å². The summed E-state index contributed by atoms with van der Waals surface area (Å²) in [6, 6.07) is 3.99.